The van der Waals surface area contributed by atoms with Crippen molar-refractivity contribution in [2.75, 3.05) is 18.8 Å². The number of hydrogen-bond acceptors (Lipinski definition) is 4. The van der Waals surface area contributed by atoms with E-state index >= 15 is 0 Å². The number of nitrogens with two attached hydrogens (primary N) is 1. The summed E-state index contributed by atoms with van der Waals surface area (Å²) in [5.74, 6) is -0.520. The molecule has 0 spiro atoms. The highest BCUT2D eigenvalue weighted by molar-refractivity contribution is 7.89. The van der Waals surface area contributed by atoms with Crippen molar-refractivity contribution in [3.8, 4) is 0 Å². The second-order valence-electron chi connectivity index (χ2n) is 3.80. The van der Waals surface area contributed by atoms with E-state index in [4.69, 9.17) is 10.2 Å². The van der Waals surface area contributed by atoms with Crippen molar-refractivity contribution in [3.63, 3.8) is 0 Å². The molecule has 1 fully saturated rings. The molecule has 1 saturated heterocycles. The monoisotopic (exact) mass is 238 g/mol. The van der Waals surface area contributed by atoms with Crippen molar-refractivity contribution in [3.05, 3.63) is 0 Å². The van der Waals surface area contributed by atoms with Crippen LogP contribution in [-0.2, 0) is 10.0 Å². The minimum absolute atomic E-state index is 0.0930. The van der Waals surface area contributed by atoms with Gasteiger partial charge in [0, 0.05) is 13.1 Å². The van der Waals surface area contributed by atoms with E-state index in [9.17, 15) is 18.3 Å². The topological polar surface area (TPSA) is 121 Å². The Morgan fingerprint density at radius 3 is 2.20 bits per heavy atom. The lowest BCUT2D eigenvalue weighted by molar-refractivity contribution is 0.00160. The van der Waals surface area contributed by atoms with Crippen LogP contribution in [0.4, 0.5) is 4.79 Å². The van der Waals surface area contributed by atoms with E-state index in [0.29, 0.717) is 0 Å². The van der Waals surface area contributed by atoms with Crippen LogP contribution < -0.4 is 5.14 Å². The maximum Gasteiger partial charge on any atom is 0.407 e. The quantitative estimate of drug-likeness (QED) is 0.556. The fourth-order valence-corrected chi connectivity index (χ4v) is 2.67. The molecular formula is C7H14N2O5S. The van der Waals surface area contributed by atoms with E-state index < -0.39 is 27.5 Å². The number of nitrogens with zero attached hydrogens (tertiary/aromatic N) is 1. The summed E-state index contributed by atoms with van der Waals surface area (Å²) in [5, 5.41) is 23.3. The first-order valence-electron chi connectivity index (χ1n) is 4.43. The lowest BCUT2D eigenvalue weighted by Gasteiger charge is -2.36. The standard InChI is InChI=1S/C7H14N2O5S/c8-15(13,14)5-7(12)1-3-9(4-2-7)6(10)11/h12H,1-5H2,(H,10,11)(H2,8,13,14). The molecule has 0 aliphatic carbocycles. The number of carbonyl (C=O) groups is 1. The van der Waals surface area contributed by atoms with Gasteiger partial charge in [0.05, 0.1) is 11.4 Å². The Balaban J connectivity index is 2.59. The first-order chi connectivity index (χ1) is 6.72. The van der Waals surface area contributed by atoms with Crippen molar-refractivity contribution >= 4 is 16.1 Å². The average molecular weight is 238 g/mol. The van der Waals surface area contributed by atoms with Crippen molar-refractivity contribution in [1.82, 2.24) is 4.90 Å². The van der Waals surface area contributed by atoms with E-state index in [2.05, 4.69) is 0 Å². The van der Waals surface area contributed by atoms with Crippen LogP contribution in [0.2, 0.25) is 0 Å². The van der Waals surface area contributed by atoms with Crippen molar-refractivity contribution < 1.29 is 23.4 Å². The molecule has 1 amide bonds. The molecule has 0 aromatic carbocycles. The molecule has 0 aromatic rings. The van der Waals surface area contributed by atoms with E-state index in [1.165, 1.54) is 0 Å². The highest BCUT2D eigenvalue weighted by Gasteiger charge is 2.36. The zero-order valence-electron chi connectivity index (χ0n) is 8.09. The first kappa shape index (κ1) is 12.2. The third-order valence-corrected chi connectivity index (χ3v) is 3.37. The lowest BCUT2D eigenvalue weighted by atomic mass is 9.94. The molecule has 88 valence electrons. The molecule has 1 aliphatic heterocycles. The molecular weight excluding hydrogens is 224 g/mol. The Bertz CT molecular complexity index is 344. The van der Waals surface area contributed by atoms with Crippen molar-refractivity contribution in [2.24, 2.45) is 5.14 Å². The molecule has 1 rings (SSSR count). The molecule has 0 saturated carbocycles. The summed E-state index contributed by atoms with van der Waals surface area (Å²) in [4.78, 5) is 11.7. The molecule has 0 bridgehead atoms. The van der Waals surface area contributed by atoms with Crippen LogP contribution in [0.25, 0.3) is 0 Å². The van der Waals surface area contributed by atoms with Gasteiger partial charge >= 0.3 is 6.09 Å². The molecule has 0 aromatic heterocycles. The predicted molar refractivity (Wildman–Crippen MR) is 51.8 cm³/mol. The van der Waals surface area contributed by atoms with E-state index in [0.717, 1.165) is 4.90 Å². The molecule has 7 nitrogen and oxygen atoms in total. The normalized spacial score (nSPS) is 21.3. The summed E-state index contributed by atoms with van der Waals surface area (Å²) in [7, 11) is -3.74. The van der Waals surface area contributed by atoms with Gasteiger partial charge in [-0.3, -0.25) is 0 Å². The third kappa shape index (κ3) is 3.65. The summed E-state index contributed by atoms with van der Waals surface area (Å²) in [5.41, 5.74) is -1.39. The average Bonchev–Trinajstić information content (AvgIpc) is 2.00. The minimum Gasteiger partial charge on any atom is -0.465 e. The van der Waals surface area contributed by atoms with Gasteiger partial charge < -0.3 is 15.1 Å². The zero-order chi connectivity index (χ0) is 11.7. The van der Waals surface area contributed by atoms with Gasteiger partial charge in [0.1, 0.15) is 0 Å². The van der Waals surface area contributed by atoms with Gasteiger partial charge in [0.15, 0.2) is 0 Å². The molecule has 15 heavy (non-hydrogen) atoms. The Hall–Kier alpha value is -0.860. The van der Waals surface area contributed by atoms with Crippen LogP contribution >= 0.6 is 0 Å². The van der Waals surface area contributed by atoms with E-state index in [-0.39, 0.29) is 25.9 Å². The fraction of sp³-hybridized carbons (Fsp3) is 0.857. The number of hydrogen-bond donors (Lipinski definition) is 3. The van der Waals surface area contributed by atoms with Crippen LogP contribution in [0.5, 0.6) is 0 Å². The molecule has 8 heteroatoms. The summed E-state index contributed by atoms with van der Waals surface area (Å²) in [6.07, 6.45) is -0.876. The second-order valence-corrected chi connectivity index (χ2v) is 5.42. The summed E-state index contributed by atoms with van der Waals surface area (Å²) >= 11 is 0. The number of rotatable bonds is 2. The number of piperidine rings is 1. The van der Waals surface area contributed by atoms with Gasteiger partial charge in [0.25, 0.3) is 0 Å². The van der Waals surface area contributed by atoms with E-state index in [1.807, 2.05) is 0 Å². The maximum atomic E-state index is 10.8. The summed E-state index contributed by atoms with van der Waals surface area (Å²) in [6.45, 7) is 0.253. The van der Waals surface area contributed by atoms with Crippen molar-refractivity contribution in [1.29, 1.82) is 0 Å². The summed E-state index contributed by atoms with van der Waals surface area (Å²) in [6, 6.07) is 0. The molecule has 0 atom stereocenters. The molecule has 1 heterocycles. The SMILES string of the molecule is NS(=O)(=O)CC1(O)CCN(C(=O)O)CC1. The van der Waals surface area contributed by atoms with Crippen LogP contribution in [0, 0.1) is 0 Å². The van der Waals surface area contributed by atoms with Gasteiger partial charge in [-0.05, 0) is 12.8 Å². The number of likely N-dealkylation sites (tertiary alicyclic amines) is 1. The Morgan fingerprint density at radius 1 is 1.40 bits per heavy atom. The minimum atomic E-state index is -3.74. The zero-order valence-corrected chi connectivity index (χ0v) is 8.90. The molecule has 0 unspecified atom stereocenters. The third-order valence-electron chi connectivity index (χ3n) is 2.43. The predicted octanol–water partition coefficient (Wildman–Crippen LogP) is -1.22. The van der Waals surface area contributed by atoms with Crippen LogP contribution in [-0.4, -0.2) is 54.1 Å². The molecule has 1 aliphatic rings. The maximum absolute atomic E-state index is 10.8. The van der Waals surface area contributed by atoms with E-state index in [1.54, 1.807) is 0 Å². The number of aliphatic hydroxyl groups is 1. The van der Waals surface area contributed by atoms with Gasteiger partial charge in [-0.15, -0.1) is 0 Å². The number of sulfonamides is 1. The first-order valence-corrected chi connectivity index (χ1v) is 6.14. The highest BCUT2D eigenvalue weighted by Crippen LogP contribution is 2.23. The highest BCUT2D eigenvalue weighted by atomic mass is 32.2. The van der Waals surface area contributed by atoms with Gasteiger partial charge in [-0.25, -0.2) is 18.4 Å². The largest absolute Gasteiger partial charge is 0.465 e. The molecule has 4 N–H and O–H groups in total. The van der Waals surface area contributed by atoms with Crippen LogP contribution in [0.3, 0.4) is 0 Å². The lowest BCUT2D eigenvalue weighted by Crippen LogP contribution is -2.50. The number of amides is 1. The second kappa shape index (κ2) is 3.95. The summed E-state index contributed by atoms with van der Waals surface area (Å²) < 4.78 is 21.6. The molecule has 0 radical (unpaired) electrons. The fourth-order valence-electron chi connectivity index (χ4n) is 1.63. The Kier molecular flexibility index (Phi) is 3.22. The van der Waals surface area contributed by atoms with Gasteiger partial charge in [-0.2, -0.15) is 0 Å². The van der Waals surface area contributed by atoms with Crippen LogP contribution in [0.1, 0.15) is 12.8 Å². The Morgan fingerprint density at radius 2 is 1.87 bits per heavy atom. The van der Waals surface area contributed by atoms with Gasteiger partial charge in [0.2, 0.25) is 10.0 Å². The number of carboxylic acid groups (broad SMARTS) is 1. The van der Waals surface area contributed by atoms with Crippen LogP contribution in [0.15, 0.2) is 0 Å². The van der Waals surface area contributed by atoms with Gasteiger partial charge in [-0.1, -0.05) is 0 Å². The Labute approximate surface area is 87.5 Å². The number of primary sulfonamides is 1. The van der Waals surface area contributed by atoms with Crippen molar-refractivity contribution in [2.45, 2.75) is 18.4 Å². The smallest absolute Gasteiger partial charge is 0.407 e.